The summed E-state index contributed by atoms with van der Waals surface area (Å²) in [5, 5.41) is 0. The molecule has 4 rings (SSSR count). The molecule has 1 heterocycles. The molecule has 0 atom stereocenters. The molecule has 1 aliphatic carbocycles. The Morgan fingerprint density at radius 1 is 1.13 bits per heavy atom. The molecule has 4 heteroatoms. The minimum absolute atomic E-state index is 0.113. The number of carbonyl (C=O) groups excluding carboxylic acids is 1. The summed E-state index contributed by atoms with van der Waals surface area (Å²) in [6.45, 7) is 4.57. The van der Waals surface area contributed by atoms with E-state index in [1.807, 2.05) is 55.1 Å². The number of hydrogen-bond acceptors (Lipinski definition) is 3. The summed E-state index contributed by atoms with van der Waals surface area (Å²) in [5.74, 6) is 1.81. The SMILES string of the molecule is COc1cc(CN(C(=O)C2CCCCC2)c2ccccc2)cc2c1OC(C)(C)C=C2. The van der Waals surface area contributed by atoms with E-state index in [4.69, 9.17) is 9.47 Å². The van der Waals surface area contributed by atoms with Gasteiger partial charge in [-0.25, -0.2) is 0 Å². The van der Waals surface area contributed by atoms with Crippen LogP contribution < -0.4 is 14.4 Å². The predicted molar refractivity (Wildman–Crippen MR) is 121 cm³/mol. The highest BCUT2D eigenvalue weighted by Crippen LogP contribution is 2.40. The fourth-order valence-electron chi connectivity index (χ4n) is 4.40. The highest BCUT2D eigenvalue weighted by Gasteiger charge is 2.29. The zero-order valence-electron chi connectivity index (χ0n) is 18.2. The Morgan fingerprint density at radius 3 is 2.57 bits per heavy atom. The molecule has 2 aliphatic rings. The van der Waals surface area contributed by atoms with E-state index in [0.29, 0.717) is 12.3 Å². The average molecular weight is 406 g/mol. The fraction of sp³-hybridized carbons (Fsp3) is 0.423. The highest BCUT2D eigenvalue weighted by atomic mass is 16.5. The van der Waals surface area contributed by atoms with Crippen molar-refractivity contribution in [1.29, 1.82) is 0 Å². The van der Waals surface area contributed by atoms with Crippen LogP contribution in [0, 0.1) is 5.92 Å². The van der Waals surface area contributed by atoms with Crippen LogP contribution in [0.3, 0.4) is 0 Å². The molecule has 0 aromatic heterocycles. The van der Waals surface area contributed by atoms with Crippen molar-refractivity contribution in [2.75, 3.05) is 12.0 Å². The van der Waals surface area contributed by atoms with Crippen LogP contribution in [0.4, 0.5) is 5.69 Å². The second kappa shape index (κ2) is 8.55. The van der Waals surface area contributed by atoms with Gasteiger partial charge >= 0.3 is 0 Å². The monoisotopic (exact) mass is 405 g/mol. The number of nitrogens with zero attached hydrogens (tertiary/aromatic N) is 1. The van der Waals surface area contributed by atoms with E-state index in [1.165, 1.54) is 6.42 Å². The number of para-hydroxylation sites is 1. The van der Waals surface area contributed by atoms with Crippen molar-refractivity contribution in [3.05, 3.63) is 59.7 Å². The van der Waals surface area contributed by atoms with Crippen molar-refractivity contribution in [2.24, 2.45) is 5.92 Å². The normalized spacial score (nSPS) is 17.7. The molecule has 1 aliphatic heterocycles. The van der Waals surface area contributed by atoms with Crippen LogP contribution >= 0.6 is 0 Å². The molecule has 0 unspecified atom stereocenters. The molecule has 0 saturated heterocycles. The van der Waals surface area contributed by atoms with Crippen LogP contribution in [0.2, 0.25) is 0 Å². The molecule has 0 bridgehead atoms. The lowest BCUT2D eigenvalue weighted by Gasteiger charge is -2.31. The third kappa shape index (κ3) is 4.38. The Bertz CT molecular complexity index is 927. The maximum absolute atomic E-state index is 13.5. The van der Waals surface area contributed by atoms with Crippen LogP contribution in [0.15, 0.2) is 48.5 Å². The summed E-state index contributed by atoms with van der Waals surface area (Å²) < 4.78 is 11.8. The summed E-state index contributed by atoms with van der Waals surface area (Å²) in [7, 11) is 1.66. The maximum atomic E-state index is 13.5. The van der Waals surface area contributed by atoms with E-state index in [-0.39, 0.29) is 17.4 Å². The van der Waals surface area contributed by atoms with Gasteiger partial charge in [0.1, 0.15) is 5.60 Å². The van der Waals surface area contributed by atoms with Crippen LogP contribution in [-0.4, -0.2) is 18.6 Å². The minimum Gasteiger partial charge on any atom is -0.493 e. The second-order valence-corrected chi connectivity index (χ2v) is 8.85. The summed E-state index contributed by atoms with van der Waals surface area (Å²) >= 11 is 0. The molecule has 1 saturated carbocycles. The molecule has 30 heavy (non-hydrogen) atoms. The maximum Gasteiger partial charge on any atom is 0.230 e. The Hall–Kier alpha value is -2.75. The Labute approximate surface area is 179 Å². The molecule has 1 amide bonds. The third-order valence-corrected chi connectivity index (χ3v) is 6.02. The van der Waals surface area contributed by atoms with Crippen molar-refractivity contribution in [1.82, 2.24) is 0 Å². The molecule has 0 N–H and O–H groups in total. The second-order valence-electron chi connectivity index (χ2n) is 8.85. The predicted octanol–water partition coefficient (Wildman–Crippen LogP) is 5.99. The minimum atomic E-state index is -0.366. The van der Waals surface area contributed by atoms with Gasteiger partial charge in [0, 0.05) is 17.2 Å². The van der Waals surface area contributed by atoms with Crippen LogP contribution in [0.5, 0.6) is 11.5 Å². The highest BCUT2D eigenvalue weighted by molar-refractivity contribution is 5.95. The molecule has 0 radical (unpaired) electrons. The largest absolute Gasteiger partial charge is 0.493 e. The lowest BCUT2D eigenvalue weighted by molar-refractivity contribution is -0.123. The van der Waals surface area contributed by atoms with Gasteiger partial charge in [0.25, 0.3) is 0 Å². The first-order valence-corrected chi connectivity index (χ1v) is 10.9. The lowest BCUT2D eigenvalue weighted by Crippen LogP contribution is -2.36. The van der Waals surface area contributed by atoms with Gasteiger partial charge in [0.05, 0.1) is 13.7 Å². The molecule has 0 spiro atoms. The number of carbonyl (C=O) groups is 1. The Kier molecular flexibility index (Phi) is 5.85. The van der Waals surface area contributed by atoms with Gasteiger partial charge in [0.15, 0.2) is 11.5 Å². The van der Waals surface area contributed by atoms with E-state index in [1.54, 1.807) is 7.11 Å². The lowest BCUT2D eigenvalue weighted by atomic mass is 9.88. The van der Waals surface area contributed by atoms with Crippen molar-refractivity contribution >= 4 is 17.7 Å². The number of rotatable bonds is 5. The topological polar surface area (TPSA) is 38.8 Å². The van der Waals surface area contributed by atoms with E-state index in [9.17, 15) is 4.79 Å². The summed E-state index contributed by atoms with van der Waals surface area (Å²) in [6.07, 6.45) is 9.64. The number of amides is 1. The first-order valence-electron chi connectivity index (χ1n) is 10.9. The summed E-state index contributed by atoms with van der Waals surface area (Å²) in [4.78, 5) is 15.4. The fourth-order valence-corrected chi connectivity index (χ4v) is 4.40. The third-order valence-electron chi connectivity index (χ3n) is 6.02. The summed E-state index contributed by atoms with van der Waals surface area (Å²) in [6, 6.07) is 14.1. The first kappa shape index (κ1) is 20.5. The van der Waals surface area contributed by atoms with Crippen LogP contribution in [0.1, 0.15) is 57.1 Å². The molecule has 2 aromatic rings. The van der Waals surface area contributed by atoms with Gasteiger partial charge in [-0.2, -0.15) is 0 Å². The van der Waals surface area contributed by atoms with Gasteiger partial charge in [0.2, 0.25) is 5.91 Å². The van der Waals surface area contributed by atoms with E-state index in [0.717, 1.165) is 48.2 Å². The molecular weight excluding hydrogens is 374 g/mol. The average Bonchev–Trinajstić information content (AvgIpc) is 2.77. The van der Waals surface area contributed by atoms with Crippen molar-refractivity contribution < 1.29 is 14.3 Å². The van der Waals surface area contributed by atoms with E-state index < -0.39 is 0 Å². The van der Waals surface area contributed by atoms with Crippen LogP contribution in [0.25, 0.3) is 6.08 Å². The summed E-state index contributed by atoms with van der Waals surface area (Å²) in [5.41, 5.74) is 2.60. The number of hydrogen-bond donors (Lipinski definition) is 0. The number of benzene rings is 2. The Balaban J connectivity index is 1.67. The van der Waals surface area contributed by atoms with Gasteiger partial charge in [-0.3, -0.25) is 4.79 Å². The first-order chi connectivity index (χ1) is 14.5. The van der Waals surface area contributed by atoms with E-state index in [2.05, 4.69) is 18.2 Å². The number of ether oxygens (including phenoxy) is 2. The quantitative estimate of drug-likeness (QED) is 0.613. The van der Waals surface area contributed by atoms with Gasteiger partial charge in [-0.15, -0.1) is 0 Å². The molecule has 158 valence electrons. The zero-order valence-corrected chi connectivity index (χ0v) is 18.2. The standard InChI is InChI=1S/C26H31NO3/c1-26(2)15-14-21-16-19(17-23(29-3)24(21)30-26)18-27(22-12-8-5-9-13-22)25(28)20-10-6-4-7-11-20/h5,8-9,12-17,20H,4,6-7,10-11,18H2,1-3H3. The molecular formula is C26H31NO3. The molecule has 4 nitrogen and oxygen atoms in total. The van der Waals surface area contributed by atoms with Crippen LogP contribution in [-0.2, 0) is 11.3 Å². The van der Waals surface area contributed by atoms with E-state index >= 15 is 0 Å². The molecule has 1 fully saturated rings. The number of fused-ring (bicyclic) bond motifs is 1. The van der Waals surface area contributed by atoms with Gasteiger partial charge < -0.3 is 14.4 Å². The smallest absolute Gasteiger partial charge is 0.230 e. The zero-order chi connectivity index (χ0) is 21.1. The van der Waals surface area contributed by atoms with Crippen molar-refractivity contribution in [3.63, 3.8) is 0 Å². The van der Waals surface area contributed by atoms with Crippen molar-refractivity contribution in [3.8, 4) is 11.5 Å². The Morgan fingerprint density at radius 2 is 1.87 bits per heavy atom. The number of anilines is 1. The van der Waals surface area contributed by atoms with Gasteiger partial charge in [-0.05, 0) is 62.6 Å². The van der Waals surface area contributed by atoms with Crippen molar-refractivity contribution in [2.45, 2.75) is 58.1 Å². The number of methoxy groups -OCH3 is 1. The molecule has 2 aromatic carbocycles. The van der Waals surface area contributed by atoms with Gasteiger partial charge in [-0.1, -0.05) is 43.5 Å².